The highest BCUT2D eigenvalue weighted by Gasteiger charge is 2.30. The van der Waals surface area contributed by atoms with Gasteiger partial charge in [-0.15, -0.1) is 0 Å². The minimum atomic E-state index is -0.112. The molecule has 25 heavy (non-hydrogen) atoms. The van der Waals surface area contributed by atoms with Gasteiger partial charge in [-0.25, -0.2) is 0 Å². The second-order valence-corrected chi connectivity index (χ2v) is 6.36. The second-order valence-electron chi connectivity index (χ2n) is 6.36. The van der Waals surface area contributed by atoms with Crippen LogP contribution in [0.25, 0.3) is 0 Å². The van der Waals surface area contributed by atoms with Crippen molar-refractivity contribution < 1.29 is 9.59 Å². The SMILES string of the molecule is CC(=O)Nc1ccc(NC(=O)C2CCCN2Cc2ccccc2)cc1. The van der Waals surface area contributed by atoms with Crippen LogP contribution in [-0.4, -0.2) is 29.3 Å². The Morgan fingerprint density at radius 1 is 1.00 bits per heavy atom. The van der Waals surface area contributed by atoms with E-state index in [4.69, 9.17) is 0 Å². The lowest BCUT2D eigenvalue weighted by Crippen LogP contribution is -2.39. The van der Waals surface area contributed by atoms with Crippen molar-refractivity contribution in [2.45, 2.75) is 32.4 Å². The molecule has 1 heterocycles. The molecule has 2 aromatic carbocycles. The zero-order valence-corrected chi connectivity index (χ0v) is 14.4. The number of carbonyl (C=O) groups excluding carboxylic acids is 2. The first-order valence-electron chi connectivity index (χ1n) is 8.58. The Labute approximate surface area is 148 Å². The topological polar surface area (TPSA) is 61.4 Å². The molecule has 0 spiro atoms. The van der Waals surface area contributed by atoms with Crippen molar-refractivity contribution >= 4 is 23.2 Å². The largest absolute Gasteiger partial charge is 0.326 e. The normalized spacial score (nSPS) is 17.2. The first kappa shape index (κ1) is 17.2. The average molecular weight is 337 g/mol. The molecule has 1 atom stereocenters. The van der Waals surface area contributed by atoms with Gasteiger partial charge in [0.1, 0.15) is 0 Å². The first-order chi connectivity index (χ1) is 12.1. The summed E-state index contributed by atoms with van der Waals surface area (Å²) in [5.74, 6) is -0.0833. The summed E-state index contributed by atoms with van der Waals surface area (Å²) in [7, 11) is 0. The van der Waals surface area contributed by atoms with Crippen LogP contribution in [0.15, 0.2) is 54.6 Å². The van der Waals surface area contributed by atoms with Crippen molar-refractivity contribution in [2.24, 2.45) is 0 Å². The Morgan fingerprint density at radius 2 is 1.64 bits per heavy atom. The minimum absolute atomic E-state index is 0.0284. The number of likely N-dealkylation sites (tertiary alicyclic amines) is 1. The molecule has 0 bridgehead atoms. The van der Waals surface area contributed by atoms with Gasteiger partial charge in [-0.2, -0.15) is 0 Å². The molecule has 5 nitrogen and oxygen atoms in total. The van der Waals surface area contributed by atoms with E-state index in [-0.39, 0.29) is 17.9 Å². The highest BCUT2D eigenvalue weighted by molar-refractivity contribution is 5.95. The number of rotatable bonds is 5. The van der Waals surface area contributed by atoms with Crippen molar-refractivity contribution in [1.82, 2.24) is 4.90 Å². The van der Waals surface area contributed by atoms with E-state index >= 15 is 0 Å². The fraction of sp³-hybridized carbons (Fsp3) is 0.300. The lowest BCUT2D eigenvalue weighted by Gasteiger charge is -2.23. The van der Waals surface area contributed by atoms with Gasteiger partial charge >= 0.3 is 0 Å². The quantitative estimate of drug-likeness (QED) is 0.880. The molecule has 2 amide bonds. The predicted molar refractivity (Wildman–Crippen MR) is 99.2 cm³/mol. The molecular formula is C20H23N3O2. The van der Waals surface area contributed by atoms with Crippen LogP contribution >= 0.6 is 0 Å². The fourth-order valence-corrected chi connectivity index (χ4v) is 3.20. The third-order valence-corrected chi connectivity index (χ3v) is 4.37. The number of anilines is 2. The van der Waals surface area contributed by atoms with E-state index in [1.165, 1.54) is 12.5 Å². The van der Waals surface area contributed by atoms with E-state index in [0.29, 0.717) is 0 Å². The van der Waals surface area contributed by atoms with Crippen LogP contribution in [0.4, 0.5) is 11.4 Å². The number of carbonyl (C=O) groups is 2. The van der Waals surface area contributed by atoms with Gasteiger partial charge in [-0.3, -0.25) is 14.5 Å². The number of hydrogen-bond donors (Lipinski definition) is 2. The number of nitrogens with one attached hydrogen (secondary N) is 2. The van der Waals surface area contributed by atoms with Crippen molar-refractivity contribution in [1.29, 1.82) is 0 Å². The number of benzene rings is 2. The van der Waals surface area contributed by atoms with Gasteiger partial charge in [0, 0.05) is 24.8 Å². The van der Waals surface area contributed by atoms with E-state index < -0.39 is 0 Å². The van der Waals surface area contributed by atoms with E-state index in [1.54, 1.807) is 24.3 Å². The summed E-state index contributed by atoms with van der Waals surface area (Å²) >= 11 is 0. The Balaban J connectivity index is 1.60. The van der Waals surface area contributed by atoms with E-state index in [2.05, 4.69) is 27.7 Å². The van der Waals surface area contributed by atoms with Gasteiger partial charge in [0.15, 0.2) is 0 Å². The molecule has 1 unspecified atom stereocenters. The fourth-order valence-electron chi connectivity index (χ4n) is 3.20. The van der Waals surface area contributed by atoms with E-state index in [9.17, 15) is 9.59 Å². The van der Waals surface area contributed by atoms with Crippen LogP contribution in [-0.2, 0) is 16.1 Å². The molecule has 0 aromatic heterocycles. The lowest BCUT2D eigenvalue weighted by atomic mass is 10.1. The van der Waals surface area contributed by atoms with Crippen LogP contribution in [0.1, 0.15) is 25.3 Å². The summed E-state index contributed by atoms with van der Waals surface area (Å²) in [5, 5.41) is 5.70. The standard InChI is InChI=1S/C20H23N3O2/c1-15(24)21-17-9-11-18(12-10-17)22-20(25)19-8-5-13-23(19)14-16-6-3-2-4-7-16/h2-4,6-7,9-12,19H,5,8,13-14H2,1H3,(H,21,24)(H,22,25). The Morgan fingerprint density at radius 3 is 2.28 bits per heavy atom. The molecule has 1 aliphatic rings. The molecule has 5 heteroatoms. The van der Waals surface area contributed by atoms with Crippen LogP contribution < -0.4 is 10.6 Å². The zero-order valence-electron chi connectivity index (χ0n) is 14.4. The lowest BCUT2D eigenvalue weighted by molar-refractivity contribution is -0.120. The maximum absolute atomic E-state index is 12.7. The Bertz CT molecular complexity index is 728. The van der Waals surface area contributed by atoms with Gasteiger partial charge in [-0.05, 0) is 49.2 Å². The van der Waals surface area contributed by atoms with Crippen molar-refractivity contribution in [3.8, 4) is 0 Å². The molecule has 1 aliphatic heterocycles. The highest BCUT2D eigenvalue weighted by Crippen LogP contribution is 2.22. The summed E-state index contributed by atoms with van der Waals surface area (Å²) < 4.78 is 0. The van der Waals surface area contributed by atoms with Gasteiger partial charge in [-0.1, -0.05) is 30.3 Å². The minimum Gasteiger partial charge on any atom is -0.326 e. The van der Waals surface area contributed by atoms with Gasteiger partial charge < -0.3 is 10.6 Å². The van der Waals surface area contributed by atoms with Gasteiger partial charge in [0.2, 0.25) is 11.8 Å². The molecule has 2 aromatic rings. The molecule has 0 radical (unpaired) electrons. The molecule has 1 saturated heterocycles. The Kier molecular flexibility index (Phi) is 5.46. The van der Waals surface area contributed by atoms with Gasteiger partial charge in [0.25, 0.3) is 0 Å². The molecule has 0 aliphatic carbocycles. The first-order valence-corrected chi connectivity index (χ1v) is 8.58. The molecule has 2 N–H and O–H groups in total. The molecule has 0 saturated carbocycles. The van der Waals surface area contributed by atoms with Crippen LogP contribution in [0, 0.1) is 0 Å². The summed E-state index contributed by atoms with van der Waals surface area (Å²) in [6.45, 7) is 3.20. The third kappa shape index (κ3) is 4.67. The third-order valence-electron chi connectivity index (χ3n) is 4.37. The smallest absolute Gasteiger partial charge is 0.241 e. The van der Waals surface area contributed by atoms with Crippen molar-refractivity contribution in [3.05, 3.63) is 60.2 Å². The van der Waals surface area contributed by atoms with Gasteiger partial charge in [0.05, 0.1) is 6.04 Å². The summed E-state index contributed by atoms with van der Waals surface area (Å²) in [5.41, 5.74) is 2.68. The monoisotopic (exact) mass is 337 g/mol. The van der Waals surface area contributed by atoms with Crippen molar-refractivity contribution in [2.75, 3.05) is 17.2 Å². The summed E-state index contributed by atoms with van der Waals surface area (Å²) in [6, 6.07) is 17.3. The molecule has 3 rings (SSSR count). The maximum atomic E-state index is 12.7. The summed E-state index contributed by atoms with van der Waals surface area (Å²) in [6.07, 6.45) is 1.91. The van der Waals surface area contributed by atoms with Crippen LogP contribution in [0.5, 0.6) is 0 Å². The predicted octanol–water partition coefficient (Wildman–Crippen LogP) is 3.25. The van der Waals surface area contributed by atoms with E-state index in [0.717, 1.165) is 37.3 Å². The van der Waals surface area contributed by atoms with E-state index in [1.807, 2.05) is 18.2 Å². The molecule has 1 fully saturated rings. The zero-order chi connectivity index (χ0) is 17.6. The highest BCUT2D eigenvalue weighted by atomic mass is 16.2. The van der Waals surface area contributed by atoms with Crippen LogP contribution in [0.2, 0.25) is 0 Å². The Hall–Kier alpha value is -2.66. The molecular weight excluding hydrogens is 314 g/mol. The number of nitrogens with zero attached hydrogens (tertiary/aromatic N) is 1. The number of hydrogen-bond acceptors (Lipinski definition) is 3. The number of amides is 2. The summed E-state index contributed by atoms with van der Waals surface area (Å²) in [4.78, 5) is 25.9. The average Bonchev–Trinajstić information content (AvgIpc) is 3.05. The van der Waals surface area contributed by atoms with Crippen molar-refractivity contribution in [3.63, 3.8) is 0 Å². The second kappa shape index (κ2) is 7.94. The van der Waals surface area contributed by atoms with Crippen LogP contribution in [0.3, 0.4) is 0 Å². The maximum Gasteiger partial charge on any atom is 0.241 e. The molecule has 130 valence electrons.